The Balaban J connectivity index is 1.72. The fourth-order valence-electron chi connectivity index (χ4n) is 8.57. The molecule has 5 rings (SSSR count). The maximum atomic E-state index is 14.3. The first-order chi connectivity index (χ1) is 17.8. The van der Waals surface area contributed by atoms with Crippen molar-refractivity contribution in [1.82, 2.24) is 0 Å². The predicted octanol–water partition coefficient (Wildman–Crippen LogP) is 3.70. The number of hydrogen-bond acceptors (Lipinski definition) is 9. The number of cyclic esters (lactones) is 1. The lowest BCUT2D eigenvalue weighted by atomic mass is 9.40. The van der Waals surface area contributed by atoms with Gasteiger partial charge in [0.2, 0.25) is 0 Å². The number of carbonyl (C=O) groups is 4. The van der Waals surface area contributed by atoms with Gasteiger partial charge in [0.05, 0.1) is 32.0 Å². The molecular formula is C29H36O9. The minimum atomic E-state index is -1.60. The van der Waals surface area contributed by atoms with Crippen LogP contribution in [-0.4, -0.2) is 48.1 Å². The molecule has 1 N–H and O–H groups in total. The number of methoxy groups -OCH3 is 1. The van der Waals surface area contributed by atoms with Crippen LogP contribution in [0.3, 0.4) is 0 Å². The van der Waals surface area contributed by atoms with Crippen LogP contribution in [0.4, 0.5) is 0 Å². The van der Waals surface area contributed by atoms with E-state index in [4.69, 9.17) is 18.6 Å². The molecular weight excluding hydrogens is 492 g/mol. The first-order valence-electron chi connectivity index (χ1n) is 13.2. The topological polar surface area (TPSA) is 129 Å². The zero-order valence-electron chi connectivity index (χ0n) is 22.7. The molecule has 3 fully saturated rings. The van der Waals surface area contributed by atoms with Crippen LogP contribution >= 0.6 is 0 Å². The number of hydrogen-bond donors (Lipinski definition) is 1. The van der Waals surface area contributed by atoms with Gasteiger partial charge in [-0.2, -0.15) is 0 Å². The van der Waals surface area contributed by atoms with E-state index in [1.807, 2.05) is 20.8 Å². The number of Topliss-reactive ketones (excluding diaryl/α,β-unsaturated/α-hetero) is 1. The lowest BCUT2D eigenvalue weighted by molar-refractivity contribution is -0.212. The highest BCUT2D eigenvalue weighted by Crippen LogP contribution is 2.68. The number of ether oxygens (including phenoxy) is 3. The number of furan rings is 1. The summed E-state index contributed by atoms with van der Waals surface area (Å²) in [6, 6.07) is 1.80. The molecule has 2 bridgehead atoms. The molecule has 4 aliphatic rings. The first kappa shape index (κ1) is 26.7. The molecule has 2 heterocycles. The SMILES string of the molecule is COC(=O)C(O)C1C(C)(C)C(OC(C)=O)C2CC3=C4CC(=O)OC(c5ccoc5)[C@]4(C)CCC3[C@@]1(C)C2=O. The summed E-state index contributed by atoms with van der Waals surface area (Å²) in [6.07, 6.45) is 1.82. The summed E-state index contributed by atoms with van der Waals surface area (Å²) in [7, 11) is 1.20. The van der Waals surface area contributed by atoms with Crippen molar-refractivity contribution in [2.75, 3.05) is 7.11 Å². The molecule has 0 aromatic carbocycles. The van der Waals surface area contributed by atoms with Gasteiger partial charge in [-0.15, -0.1) is 0 Å². The van der Waals surface area contributed by atoms with Crippen LogP contribution in [0.25, 0.3) is 0 Å². The second-order valence-electron chi connectivity index (χ2n) is 12.4. The van der Waals surface area contributed by atoms with Crippen molar-refractivity contribution in [3.05, 3.63) is 35.3 Å². The average molecular weight is 529 g/mol. The van der Waals surface area contributed by atoms with Gasteiger partial charge in [-0.3, -0.25) is 14.4 Å². The average Bonchev–Trinajstić information content (AvgIpc) is 3.38. The molecule has 9 nitrogen and oxygen atoms in total. The van der Waals surface area contributed by atoms with Crippen molar-refractivity contribution >= 4 is 23.7 Å². The Morgan fingerprint density at radius 1 is 1.18 bits per heavy atom. The number of fused-ring (bicyclic) bond motifs is 5. The molecule has 1 saturated heterocycles. The van der Waals surface area contributed by atoms with Crippen LogP contribution in [0, 0.1) is 34.0 Å². The van der Waals surface area contributed by atoms with Gasteiger partial charge in [0.15, 0.2) is 6.10 Å². The first-order valence-corrected chi connectivity index (χ1v) is 13.2. The minimum absolute atomic E-state index is 0.0967. The van der Waals surface area contributed by atoms with E-state index in [0.29, 0.717) is 19.3 Å². The van der Waals surface area contributed by atoms with Gasteiger partial charge in [0.25, 0.3) is 0 Å². The van der Waals surface area contributed by atoms with Gasteiger partial charge in [0, 0.05) is 34.7 Å². The number of esters is 3. The van der Waals surface area contributed by atoms with Crippen molar-refractivity contribution in [3.63, 3.8) is 0 Å². The Labute approximate surface area is 221 Å². The normalized spacial score (nSPS) is 38.4. The third-order valence-corrected chi connectivity index (χ3v) is 10.1. The molecule has 1 aliphatic heterocycles. The van der Waals surface area contributed by atoms with E-state index in [9.17, 15) is 24.3 Å². The van der Waals surface area contributed by atoms with Crippen LogP contribution in [0.5, 0.6) is 0 Å². The molecule has 206 valence electrons. The largest absolute Gasteiger partial charge is 0.472 e. The second kappa shape index (κ2) is 8.79. The number of carbonyl (C=O) groups excluding carboxylic acids is 4. The van der Waals surface area contributed by atoms with Gasteiger partial charge in [-0.05, 0) is 36.8 Å². The van der Waals surface area contributed by atoms with Crippen LogP contribution < -0.4 is 0 Å². The summed E-state index contributed by atoms with van der Waals surface area (Å²) in [6.45, 7) is 8.88. The number of allylic oxidation sites excluding steroid dienone is 1. The molecule has 0 radical (unpaired) electrons. The smallest absolute Gasteiger partial charge is 0.335 e. The van der Waals surface area contributed by atoms with Crippen LogP contribution in [0.1, 0.15) is 72.0 Å². The highest BCUT2D eigenvalue weighted by molar-refractivity contribution is 5.93. The van der Waals surface area contributed by atoms with Crippen molar-refractivity contribution < 1.29 is 42.9 Å². The highest BCUT2D eigenvalue weighted by atomic mass is 16.6. The van der Waals surface area contributed by atoms with Gasteiger partial charge in [-0.1, -0.05) is 33.3 Å². The summed E-state index contributed by atoms with van der Waals surface area (Å²) >= 11 is 0. The highest BCUT2D eigenvalue weighted by Gasteiger charge is 2.70. The van der Waals surface area contributed by atoms with E-state index < -0.39 is 58.3 Å². The molecule has 0 spiro atoms. The fraction of sp³-hybridized carbons (Fsp3) is 0.655. The third kappa shape index (κ3) is 3.53. The molecule has 38 heavy (non-hydrogen) atoms. The van der Waals surface area contributed by atoms with E-state index in [0.717, 1.165) is 16.7 Å². The van der Waals surface area contributed by atoms with Crippen molar-refractivity contribution in [3.8, 4) is 0 Å². The summed E-state index contributed by atoms with van der Waals surface area (Å²) in [4.78, 5) is 52.1. The number of ketones is 1. The van der Waals surface area contributed by atoms with E-state index >= 15 is 0 Å². The quantitative estimate of drug-likeness (QED) is 0.353. The lowest BCUT2D eigenvalue weighted by Gasteiger charge is -2.64. The minimum Gasteiger partial charge on any atom is -0.472 e. The summed E-state index contributed by atoms with van der Waals surface area (Å²) in [5, 5.41) is 11.3. The van der Waals surface area contributed by atoms with Gasteiger partial charge in [0.1, 0.15) is 18.0 Å². The van der Waals surface area contributed by atoms with Crippen molar-refractivity contribution in [2.45, 2.75) is 78.6 Å². The lowest BCUT2D eigenvalue weighted by Crippen LogP contribution is -2.69. The summed E-state index contributed by atoms with van der Waals surface area (Å²) < 4.78 is 21.9. The molecule has 1 aromatic rings. The van der Waals surface area contributed by atoms with Crippen LogP contribution in [-0.2, 0) is 33.4 Å². The number of rotatable bonds is 4. The third-order valence-electron chi connectivity index (χ3n) is 10.1. The zero-order valence-corrected chi connectivity index (χ0v) is 22.7. The molecule has 8 atom stereocenters. The fourth-order valence-corrected chi connectivity index (χ4v) is 8.57. The monoisotopic (exact) mass is 528 g/mol. The number of aliphatic hydroxyl groups is 1. The van der Waals surface area contributed by atoms with E-state index in [-0.39, 0.29) is 24.1 Å². The molecule has 0 amide bonds. The maximum Gasteiger partial charge on any atom is 0.335 e. The van der Waals surface area contributed by atoms with E-state index in [1.54, 1.807) is 18.6 Å². The molecule has 1 aromatic heterocycles. The standard InChI is InChI=1S/C29H36O9/c1-14(30)37-25-17-11-16-18(29(5,23(17)33)22(27(25,2)3)21(32)26(34)35-6)7-9-28(4)19(16)12-20(31)38-24(28)15-8-10-36-13-15/h8,10,13,17-18,21-22,24-25,32H,7,9,11-12H2,1-6H3/t17?,18?,21?,22?,24?,25?,28-,29-/m1/s1. The Bertz CT molecular complexity index is 1210. The summed E-state index contributed by atoms with van der Waals surface area (Å²) in [5.41, 5.74) is 0.102. The molecule has 3 aliphatic carbocycles. The van der Waals surface area contributed by atoms with Gasteiger partial charge in [-0.25, -0.2) is 4.79 Å². The van der Waals surface area contributed by atoms with E-state index in [1.165, 1.54) is 14.0 Å². The Morgan fingerprint density at radius 3 is 2.50 bits per heavy atom. The predicted molar refractivity (Wildman–Crippen MR) is 132 cm³/mol. The van der Waals surface area contributed by atoms with Gasteiger partial charge >= 0.3 is 17.9 Å². The molecule has 6 unspecified atom stereocenters. The Morgan fingerprint density at radius 2 is 1.89 bits per heavy atom. The zero-order chi connectivity index (χ0) is 27.8. The Hall–Kier alpha value is -2.94. The Kier molecular flexibility index (Phi) is 6.17. The number of aliphatic hydroxyl groups excluding tert-OH is 1. The van der Waals surface area contributed by atoms with Crippen molar-refractivity contribution in [1.29, 1.82) is 0 Å². The van der Waals surface area contributed by atoms with Gasteiger partial charge < -0.3 is 23.7 Å². The maximum absolute atomic E-state index is 14.3. The van der Waals surface area contributed by atoms with E-state index in [2.05, 4.69) is 6.92 Å². The summed E-state index contributed by atoms with van der Waals surface area (Å²) in [5.74, 6) is -3.72. The second-order valence-corrected chi connectivity index (χ2v) is 12.4. The van der Waals surface area contributed by atoms with Crippen LogP contribution in [0.15, 0.2) is 34.2 Å². The molecule has 2 saturated carbocycles. The van der Waals surface area contributed by atoms with Crippen LogP contribution in [0.2, 0.25) is 0 Å². The molecule has 9 heteroatoms. The van der Waals surface area contributed by atoms with Crippen molar-refractivity contribution in [2.24, 2.45) is 34.0 Å².